The Hall–Kier alpha value is -1.45. The van der Waals surface area contributed by atoms with Crippen molar-refractivity contribution in [2.45, 2.75) is 19.4 Å². The number of hydrogen-bond donors (Lipinski definition) is 1. The van der Waals surface area contributed by atoms with Crippen LogP contribution < -0.4 is 5.32 Å². The van der Waals surface area contributed by atoms with E-state index in [2.05, 4.69) is 12.2 Å². The van der Waals surface area contributed by atoms with E-state index in [0.29, 0.717) is 0 Å². The third kappa shape index (κ3) is 3.00. The van der Waals surface area contributed by atoms with Crippen LogP contribution in [0, 0.1) is 11.6 Å². The Bertz CT molecular complexity index is 596. The lowest BCUT2D eigenvalue weighted by atomic mass is 9.97. The number of hydrogen-bond acceptors (Lipinski definition) is 1. The standard InChI is InChI=1S/C16H16ClF2N/c1-3-10-4-6-11(7-5-10)16(20-2)12-8-15(19)13(17)9-14(12)18/h4-9,16,20H,3H2,1-2H3. The number of benzene rings is 2. The maximum atomic E-state index is 14.0. The first-order valence-electron chi connectivity index (χ1n) is 6.47. The van der Waals surface area contributed by atoms with Gasteiger partial charge in [-0.25, -0.2) is 8.78 Å². The summed E-state index contributed by atoms with van der Waals surface area (Å²) >= 11 is 5.58. The quantitative estimate of drug-likeness (QED) is 0.820. The SMILES string of the molecule is CCc1ccc(C(NC)c2cc(F)c(Cl)cc2F)cc1. The van der Waals surface area contributed by atoms with E-state index in [1.165, 1.54) is 5.56 Å². The maximum Gasteiger partial charge on any atom is 0.142 e. The minimum Gasteiger partial charge on any atom is -0.309 e. The van der Waals surface area contributed by atoms with Crippen LogP contribution in [0.4, 0.5) is 8.78 Å². The zero-order chi connectivity index (χ0) is 14.7. The third-order valence-corrected chi connectivity index (χ3v) is 3.65. The van der Waals surface area contributed by atoms with Crippen molar-refractivity contribution in [2.75, 3.05) is 7.05 Å². The lowest BCUT2D eigenvalue weighted by Crippen LogP contribution is -2.19. The van der Waals surface area contributed by atoms with Gasteiger partial charge in [0.15, 0.2) is 0 Å². The van der Waals surface area contributed by atoms with Crippen molar-refractivity contribution in [2.24, 2.45) is 0 Å². The first-order valence-corrected chi connectivity index (χ1v) is 6.85. The van der Waals surface area contributed by atoms with E-state index in [9.17, 15) is 8.78 Å². The molecule has 1 N–H and O–H groups in total. The second-order valence-electron chi connectivity index (χ2n) is 4.60. The van der Waals surface area contributed by atoms with Crippen LogP contribution in [0.25, 0.3) is 0 Å². The van der Waals surface area contributed by atoms with E-state index in [4.69, 9.17) is 11.6 Å². The summed E-state index contributed by atoms with van der Waals surface area (Å²) in [5, 5.41) is 2.80. The van der Waals surface area contributed by atoms with Crippen LogP contribution in [0.3, 0.4) is 0 Å². The molecule has 0 aliphatic rings. The Morgan fingerprint density at radius 2 is 1.75 bits per heavy atom. The Morgan fingerprint density at radius 1 is 1.10 bits per heavy atom. The van der Waals surface area contributed by atoms with Gasteiger partial charge in [-0.15, -0.1) is 0 Å². The highest BCUT2D eigenvalue weighted by molar-refractivity contribution is 6.30. The van der Waals surface area contributed by atoms with Gasteiger partial charge in [-0.1, -0.05) is 42.8 Å². The fourth-order valence-corrected chi connectivity index (χ4v) is 2.36. The molecule has 1 nitrogen and oxygen atoms in total. The molecule has 2 aromatic carbocycles. The van der Waals surface area contributed by atoms with Gasteiger partial charge in [0.2, 0.25) is 0 Å². The molecule has 0 fully saturated rings. The maximum absolute atomic E-state index is 14.0. The van der Waals surface area contributed by atoms with Gasteiger partial charge >= 0.3 is 0 Å². The number of nitrogens with one attached hydrogen (secondary N) is 1. The van der Waals surface area contributed by atoms with Crippen LogP contribution in [0.1, 0.15) is 29.7 Å². The van der Waals surface area contributed by atoms with Gasteiger partial charge in [0.05, 0.1) is 11.1 Å². The van der Waals surface area contributed by atoms with Gasteiger partial charge < -0.3 is 5.32 Å². The number of aryl methyl sites for hydroxylation is 1. The Balaban J connectivity index is 2.43. The molecule has 0 saturated heterocycles. The molecule has 0 bridgehead atoms. The summed E-state index contributed by atoms with van der Waals surface area (Å²) in [6.45, 7) is 2.07. The normalized spacial score (nSPS) is 12.4. The first-order chi connectivity index (χ1) is 9.56. The molecule has 2 rings (SSSR count). The predicted molar refractivity (Wildman–Crippen MR) is 78.1 cm³/mol. The largest absolute Gasteiger partial charge is 0.309 e. The number of rotatable bonds is 4. The van der Waals surface area contributed by atoms with E-state index >= 15 is 0 Å². The Labute approximate surface area is 122 Å². The smallest absolute Gasteiger partial charge is 0.142 e. The van der Waals surface area contributed by atoms with Gasteiger partial charge in [0.25, 0.3) is 0 Å². The van der Waals surface area contributed by atoms with Crippen LogP contribution in [-0.4, -0.2) is 7.05 Å². The van der Waals surface area contributed by atoms with Gasteiger partial charge in [-0.05, 0) is 36.7 Å². The highest BCUT2D eigenvalue weighted by Crippen LogP contribution is 2.28. The molecule has 0 aliphatic carbocycles. The fourth-order valence-electron chi connectivity index (χ4n) is 2.21. The second kappa shape index (κ2) is 6.33. The highest BCUT2D eigenvalue weighted by atomic mass is 35.5. The van der Waals surface area contributed by atoms with Crippen molar-refractivity contribution in [3.05, 3.63) is 69.7 Å². The second-order valence-corrected chi connectivity index (χ2v) is 5.01. The van der Waals surface area contributed by atoms with Crippen LogP contribution >= 0.6 is 11.6 Å². The third-order valence-electron chi connectivity index (χ3n) is 3.36. The molecule has 1 unspecified atom stereocenters. The molecule has 20 heavy (non-hydrogen) atoms. The summed E-state index contributed by atoms with van der Waals surface area (Å²) in [5.41, 5.74) is 2.33. The first kappa shape index (κ1) is 14.9. The van der Waals surface area contributed by atoms with E-state index in [-0.39, 0.29) is 10.6 Å². The predicted octanol–water partition coefficient (Wildman–Crippen LogP) is 4.49. The minimum absolute atomic E-state index is 0.206. The fraction of sp³-hybridized carbons (Fsp3) is 0.250. The van der Waals surface area contributed by atoms with E-state index in [0.717, 1.165) is 24.1 Å². The summed E-state index contributed by atoms with van der Waals surface area (Å²) in [6.07, 6.45) is 0.939. The van der Waals surface area contributed by atoms with Crippen molar-refractivity contribution in [3.63, 3.8) is 0 Å². The van der Waals surface area contributed by atoms with Gasteiger partial charge in [0.1, 0.15) is 11.6 Å². The summed E-state index contributed by atoms with van der Waals surface area (Å²) < 4.78 is 27.6. The number of halogens is 3. The van der Waals surface area contributed by atoms with Crippen molar-refractivity contribution in [3.8, 4) is 0 Å². The molecule has 106 valence electrons. The average Bonchev–Trinajstić information content (AvgIpc) is 2.46. The molecule has 2 aromatic rings. The summed E-state index contributed by atoms with van der Waals surface area (Å²) in [6, 6.07) is 9.57. The van der Waals surface area contributed by atoms with Crippen molar-refractivity contribution < 1.29 is 8.78 Å². The van der Waals surface area contributed by atoms with E-state index < -0.39 is 17.7 Å². The van der Waals surface area contributed by atoms with Crippen molar-refractivity contribution in [1.29, 1.82) is 0 Å². The highest BCUT2D eigenvalue weighted by Gasteiger charge is 2.18. The molecular weight excluding hydrogens is 280 g/mol. The molecular formula is C16H16ClF2N. The molecule has 0 aromatic heterocycles. The van der Waals surface area contributed by atoms with Crippen molar-refractivity contribution in [1.82, 2.24) is 5.32 Å². The summed E-state index contributed by atoms with van der Waals surface area (Å²) in [5.74, 6) is -1.14. The summed E-state index contributed by atoms with van der Waals surface area (Å²) in [4.78, 5) is 0. The molecule has 0 aliphatic heterocycles. The average molecular weight is 296 g/mol. The zero-order valence-corrected chi connectivity index (χ0v) is 12.1. The van der Waals surface area contributed by atoms with E-state index in [1.54, 1.807) is 7.05 Å². The Kier molecular flexibility index (Phi) is 4.73. The minimum atomic E-state index is -0.617. The van der Waals surface area contributed by atoms with Crippen LogP contribution in [0.5, 0.6) is 0 Å². The molecule has 1 atom stereocenters. The van der Waals surface area contributed by atoms with Gasteiger partial charge in [-0.3, -0.25) is 0 Å². The Morgan fingerprint density at radius 3 is 2.30 bits per heavy atom. The molecule has 0 radical (unpaired) electrons. The molecule has 4 heteroatoms. The topological polar surface area (TPSA) is 12.0 Å². The van der Waals surface area contributed by atoms with Crippen LogP contribution in [0.15, 0.2) is 36.4 Å². The monoisotopic (exact) mass is 295 g/mol. The summed E-state index contributed by atoms with van der Waals surface area (Å²) in [7, 11) is 1.71. The zero-order valence-electron chi connectivity index (χ0n) is 11.4. The molecule has 0 spiro atoms. The van der Waals surface area contributed by atoms with Crippen molar-refractivity contribution >= 4 is 11.6 Å². The van der Waals surface area contributed by atoms with Gasteiger partial charge in [-0.2, -0.15) is 0 Å². The van der Waals surface area contributed by atoms with Crippen LogP contribution in [0.2, 0.25) is 5.02 Å². The van der Waals surface area contributed by atoms with Gasteiger partial charge in [0, 0.05) is 5.56 Å². The van der Waals surface area contributed by atoms with E-state index in [1.807, 2.05) is 24.3 Å². The lowest BCUT2D eigenvalue weighted by Gasteiger charge is -2.18. The molecule has 0 heterocycles. The molecule has 0 saturated carbocycles. The molecule has 0 amide bonds. The lowest BCUT2D eigenvalue weighted by molar-refractivity contribution is 0.558. The van der Waals surface area contributed by atoms with Crippen LogP contribution in [-0.2, 0) is 6.42 Å².